The second kappa shape index (κ2) is 8.04. The Morgan fingerprint density at radius 2 is 2.00 bits per heavy atom. The first-order chi connectivity index (χ1) is 16.9. The standard InChI is InChI=1S/C26H16ClN3O4S/c1-13-9-20-17(11-16(13)27)29-26(35-20)30-22(15-6-4-8-28-12-15)21(24(32)25(30)33)23(31)19-10-14-5-2-3-7-18(14)34-19/h2-12,22,32H,1H3. The summed E-state index contributed by atoms with van der Waals surface area (Å²) in [5, 5.41) is 12.6. The molecule has 9 heteroatoms. The van der Waals surface area contributed by atoms with E-state index in [4.69, 9.17) is 16.0 Å². The Hall–Kier alpha value is -4.01. The second-order valence-electron chi connectivity index (χ2n) is 8.17. The van der Waals surface area contributed by atoms with E-state index < -0.39 is 23.5 Å². The third kappa shape index (κ3) is 3.41. The summed E-state index contributed by atoms with van der Waals surface area (Å²) in [5.74, 6) is -1.91. The van der Waals surface area contributed by atoms with Crippen molar-refractivity contribution in [2.75, 3.05) is 4.90 Å². The number of Topliss-reactive ketones (excluding diaryl/α,β-unsaturated/α-hetero) is 1. The number of rotatable bonds is 4. The monoisotopic (exact) mass is 501 g/mol. The van der Waals surface area contributed by atoms with E-state index in [2.05, 4.69) is 9.97 Å². The van der Waals surface area contributed by atoms with Gasteiger partial charge in [0, 0.05) is 22.8 Å². The van der Waals surface area contributed by atoms with Crippen LogP contribution in [-0.4, -0.2) is 26.8 Å². The predicted molar refractivity (Wildman–Crippen MR) is 134 cm³/mol. The molecule has 1 N–H and O–H groups in total. The minimum absolute atomic E-state index is 0.0306. The van der Waals surface area contributed by atoms with Crippen molar-refractivity contribution in [2.45, 2.75) is 13.0 Å². The van der Waals surface area contributed by atoms with Gasteiger partial charge in [0.2, 0.25) is 5.78 Å². The lowest BCUT2D eigenvalue weighted by molar-refractivity contribution is -0.117. The molecule has 5 aromatic rings. The SMILES string of the molecule is Cc1cc2sc(N3C(=O)C(O)=C(C(=O)c4cc5ccccc5o4)C3c3cccnc3)nc2cc1Cl. The summed E-state index contributed by atoms with van der Waals surface area (Å²) in [4.78, 5) is 37.1. The second-order valence-corrected chi connectivity index (χ2v) is 9.59. The molecule has 0 spiro atoms. The van der Waals surface area contributed by atoms with Gasteiger partial charge in [0.1, 0.15) is 5.58 Å². The largest absolute Gasteiger partial charge is 0.503 e. The number of hydrogen-bond acceptors (Lipinski definition) is 7. The smallest absolute Gasteiger partial charge is 0.296 e. The van der Waals surface area contributed by atoms with E-state index in [1.807, 2.05) is 25.1 Å². The molecule has 0 radical (unpaired) electrons. The molecule has 35 heavy (non-hydrogen) atoms. The molecule has 7 nitrogen and oxygen atoms in total. The highest BCUT2D eigenvalue weighted by molar-refractivity contribution is 7.22. The van der Waals surface area contributed by atoms with Gasteiger partial charge in [-0.3, -0.25) is 19.5 Å². The minimum Gasteiger partial charge on any atom is -0.503 e. The third-order valence-corrected chi connectivity index (χ3v) is 7.39. The Balaban J connectivity index is 1.51. The van der Waals surface area contributed by atoms with Crippen LogP contribution in [0.3, 0.4) is 0 Å². The summed E-state index contributed by atoms with van der Waals surface area (Å²) in [6.45, 7) is 1.89. The van der Waals surface area contributed by atoms with E-state index in [9.17, 15) is 14.7 Å². The number of nitrogens with zero attached hydrogens (tertiary/aromatic N) is 3. The van der Waals surface area contributed by atoms with Crippen molar-refractivity contribution in [1.29, 1.82) is 0 Å². The van der Waals surface area contributed by atoms with Gasteiger partial charge in [-0.1, -0.05) is 47.2 Å². The molecule has 1 atom stereocenters. The molecular formula is C26H16ClN3O4S. The number of amides is 1. The Labute approximate surface area is 207 Å². The molecule has 0 bridgehead atoms. The summed E-state index contributed by atoms with van der Waals surface area (Å²) in [6.07, 6.45) is 3.15. The van der Waals surface area contributed by atoms with E-state index in [1.165, 1.54) is 16.2 Å². The number of carbonyl (C=O) groups is 2. The van der Waals surface area contributed by atoms with E-state index >= 15 is 0 Å². The van der Waals surface area contributed by atoms with Gasteiger partial charge in [-0.25, -0.2) is 4.98 Å². The van der Waals surface area contributed by atoms with Crippen molar-refractivity contribution in [3.05, 3.63) is 100 Å². The van der Waals surface area contributed by atoms with Crippen LogP contribution in [-0.2, 0) is 4.79 Å². The number of hydrogen-bond donors (Lipinski definition) is 1. The maximum atomic E-state index is 13.6. The highest BCUT2D eigenvalue weighted by atomic mass is 35.5. The quantitative estimate of drug-likeness (QED) is 0.295. The van der Waals surface area contributed by atoms with Crippen LogP contribution in [0.2, 0.25) is 5.02 Å². The van der Waals surface area contributed by atoms with E-state index in [0.717, 1.165) is 15.6 Å². The van der Waals surface area contributed by atoms with Gasteiger partial charge < -0.3 is 9.52 Å². The highest BCUT2D eigenvalue weighted by Crippen LogP contribution is 2.44. The molecular weight excluding hydrogens is 486 g/mol. The number of halogens is 1. The number of benzene rings is 2. The maximum absolute atomic E-state index is 13.6. The van der Waals surface area contributed by atoms with Crippen LogP contribution in [0, 0.1) is 6.92 Å². The molecule has 4 heterocycles. The molecule has 1 amide bonds. The zero-order chi connectivity index (χ0) is 24.3. The lowest BCUT2D eigenvalue weighted by atomic mass is 9.96. The van der Waals surface area contributed by atoms with E-state index in [0.29, 0.717) is 26.8 Å². The van der Waals surface area contributed by atoms with Crippen LogP contribution in [0.4, 0.5) is 5.13 Å². The Bertz CT molecular complexity index is 1620. The van der Waals surface area contributed by atoms with Crippen molar-refractivity contribution in [1.82, 2.24) is 9.97 Å². The summed E-state index contributed by atoms with van der Waals surface area (Å²) in [7, 11) is 0. The number of aliphatic hydroxyl groups is 1. The fourth-order valence-electron chi connectivity index (χ4n) is 4.26. The first-order valence-corrected chi connectivity index (χ1v) is 11.9. The van der Waals surface area contributed by atoms with Crippen molar-refractivity contribution in [3.8, 4) is 0 Å². The molecule has 1 unspecified atom stereocenters. The average Bonchev–Trinajstić information content (AvgIpc) is 3.54. The number of pyridine rings is 1. The molecule has 1 aliphatic rings. The number of thiazole rings is 1. The number of ketones is 1. The molecule has 0 saturated heterocycles. The van der Waals surface area contributed by atoms with Gasteiger partial charge in [0.05, 0.1) is 21.8 Å². The van der Waals surface area contributed by atoms with Crippen molar-refractivity contribution in [3.63, 3.8) is 0 Å². The topological polar surface area (TPSA) is 96.5 Å². The summed E-state index contributed by atoms with van der Waals surface area (Å²) in [6, 6.07) is 15.0. The molecule has 6 rings (SSSR count). The molecule has 0 fully saturated rings. The Morgan fingerprint density at radius 1 is 1.17 bits per heavy atom. The van der Waals surface area contributed by atoms with E-state index in [1.54, 1.807) is 48.8 Å². The number of aromatic nitrogens is 2. The van der Waals surface area contributed by atoms with Crippen molar-refractivity contribution < 1.29 is 19.1 Å². The predicted octanol–water partition coefficient (Wildman–Crippen LogP) is 6.18. The number of para-hydroxylation sites is 1. The van der Waals surface area contributed by atoms with Gasteiger partial charge in [0.25, 0.3) is 5.91 Å². The van der Waals surface area contributed by atoms with Gasteiger partial charge in [-0.15, -0.1) is 0 Å². The normalized spacial score (nSPS) is 16.1. The summed E-state index contributed by atoms with van der Waals surface area (Å²) in [5.41, 5.74) is 2.50. The van der Waals surface area contributed by atoms with Crippen LogP contribution < -0.4 is 4.90 Å². The molecule has 0 aliphatic carbocycles. The lowest BCUT2D eigenvalue weighted by Gasteiger charge is -2.23. The van der Waals surface area contributed by atoms with Crippen LogP contribution in [0.25, 0.3) is 21.2 Å². The molecule has 3 aromatic heterocycles. The average molecular weight is 502 g/mol. The number of fused-ring (bicyclic) bond motifs is 2. The third-order valence-electron chi connectivity index (χ3n) is 5.97. The van der Waals surface area contributed by atoms with Gasteiger partial charge >= 0.3 is 0 Å². The molecule has 172 valence electrons. The first-order valence-electron chi connectivity index (χ1n) is 10.7. The number of furan rings is 1. The summed E-state index contributed by atoms with van der Waals surface area (Å²) < 4.78 is 6.59. The molecule has 2 aromatic carbocycles. The Morgan fingerprint density at radius 3 is 2.77 bits per heavy atom. The van der Waals surface area contributed by atoms with Crippen LogP contribution in [0.15, 0.2) is 82.7 Å². The number of aliphatic hydroxyl groups excluding tert-OH is 1. The minimum atomic E-state index is -0.936. The van der Waals surface area contributed by atoms with Gasteiger partial charge in [-0.2, -0.15) is 0 Å². The number of anilines is 1. The van der Waals surface area contributed by atoms with Crippen LogP contribution >= 0.6 is 22.9 Å². The fourth-order valence-corrected chi connectivity index (χ4v) is 5.49. The molecule has 1 aliphatic heterocycles. The van der Waals surface area contributed by atoms with Gasteiger partial charge in [-0.05, 0) is 48.4 Å². The zero-order valence-electron chi connectivity index (χ0n) is 18.2. The number of aryl methyl sites for hydroxylation is 1. The van der Waals surface area contributed by atoms with Gasteiger partial charge in [0.15, 0.2) is 16.7 Å². The highest BCUT2D eigenvalue weighted by Gasteiger charge is 2.46. The molecule has 0 saturated carbocycles. The van der Waals surface area contributed by atoms with Crippen molar-refractivity contribution in [2.24, 2.45) is 0 Å². The van der Waals surface area contributed by atoms with Crippen LogP contribution in [0.1, 0.15) is 27.7 Å². The summed E-state index contributed by atoms with van der Waals surface area (Å²) >= 11 is 7.55. The number of carbonyl (C=O) groups excluding carboxylic acids is 2. The zero-order valence-corrected chi connectivity index (χ0v) is 19.8. The first kappa shape index (κ1) is 21.5. The Kier molecular flexibility index (Phi) is 4.94. The van der Waals surface area contributed by atoms with Crippen molar-refractivity contribution >= 4 is 60.9 Å². The maximum Gasteiger partial charge on any atom is 0.296 e. The fraction of sp³-hybridized carbons (Fsp3) is 0.0769. The lowest BCUT2D eigenvalue weighted by Crippen LogP contribution is -2.31. The van der Waals surface area contributed by atoms with E-state index in [-0.39, 0.29) is 11.3 Å². The van der Waals surface area contributed by atoms with Crippen LogP contribution in [0.5, 0.6) is 0 Å².